The first-order chi connectivity index (χ1) is 7.91. The lowest BCUT2D eigenvalue weighted by Crippen LogP contribution is -2.48. The fourth-order valence-electron chi connectivity index (χ4n) is 1.63. The van der Waals surface area contributed by atoms with Gasteiger partial charge in [-0.3, -0.25) is 9.87 Å². The highest BCUT2D eigenvalue weighted by Gasteiger charge is 2.32. The van der Waals surface area contributed by atoms with Gasteiger partial charge in [0.2, 0.25) is 5.50 Å². The molecule has 1 aromatic carbocycles. The van der Waals surface area contributed by atoms with E-state index in [1.165, 1.54) is 0 Å². The first-order valence-corrected chi connectivity index (χ1v) is 6.95. The number of carbonyl (C=O) groups excluding carboxylic acids is 1. The summed E-state index contributed by atoms with van der Waals surface area (Å²) in [6, 6.07) is 4.26. The number of hydrogen-bond donors (Lipinski definition) is 3. The minimum absolute atomic E-state index is 0.492. The number of halogens is 1. The van der Waals surface area contributed by atoms with Gasteiger partial charge in [-0.1, -0.05) is 15.9 Å². The Morgan fingerprint density at radius 3 is 2.71 bits per heavy atom. The van der Waals surface area contributed by atoms with E-state index in [0.717, 1.165) is 4.47 Å². The fraction of sp³-hybridized carbons (Fsp3) is 0.222. The zero-order valence-corrected chi connectivity index (χ0v) is 10.8. The van der Waals surface area contributed by atoms with Crippen LogP contribution in [-0.2, 0) is 14.9 Å². The molecule has 0 radical (unpaired) electrons. The van der Waals surface area contributed by atoms with Crippen LogP contribution in [0.25, 0.3) is 0 Å². The summed E-state index contributed by atoms with van der Waals surface area (Å²) in [7, 11) is -4.31. The fourth-order valence-corrected chi connectivity index (χ4v) is 2.60. The van der Waals surface area contributed by atoms with Gasteiger partial charge >= 0.3 is 0 Å². The highest BCUT2D eigenvalue weighted by atomic mass is 79.9. The molecule has 2 atom stereocenters. The molecule has 17 heavy (non-hydrogen) atoms. The number of aldehydes is 1. The number of carbonyl (C=O) groups is 1. The van der Waals surface area contributed by atoms with Gasteiger partial charge in [-0.15, -0.1) is 0 Å². The molecule has 1 aliphatic heterocycles. The molecule has 0 fully saturated rings. The molecule has 92 valence electrons. The van der Waals surface area contributed by atoms with Gasteiger partial charge in [0.15, 0.2) is 0 Å². The Kier molecular flexibility index (Phi) is 3.21. The quantitative estimate of drug-likeness (QED) is 0.553. The van der Waals surface area contributed by atoms with E-state index in [1.54, 1.807) is 18.2 Å². The molecule has 0 saturated carbocycles. The van der Waals surface area contributed by atoms with Crippen LogP contribution in [0.3, 0.4) is 0 Å². The van der Waals surface area contributed by atoms with Crippen LogP contribution < -0.4 is 10.6 Å². The maximum Gasteiger partial charge on any atom is 0.300 e. The predicted octanol–water partition coefficient (Wildman–Crippen LogP) is 0.876. The van der Waals surface area contributed by atoms with Gasteiger partial charge in [0.1, 0.15) is 6.29 Å². The van der Waals surface area contributed by atoms with Crippen LogP contribution >= 0.6 is 15.9 Å². The molecule has 2 unspecified atom stereocenters. The van der Waals surface area contributed by atoms with E-state index in [4.69, 9.17) is 4.55 Å². The molecule has 1 aromatic rings. The van der Waals surface area contributed by atoms with E-state index < -0.39 is 21.7 Å². The Bertz CT molecular complexity index is 560. The van der Waals surface area contributed by atoms with Crippen LogP contribution in [0.15, 0.2) is 22.7 Å². The maximum atomic E-state index is 11.0. The van der Waals surface area contributed by atoms with Gasteiger partial charge in [0, 0.05) is 15.7 Å². The van der Waals surface area contributed by atoms with Gasteiger partial charge in [0.25, 0.3) is 10.1 Å². The van der Waals surface area contributed by atoms with Crippen molar-refractivity contribution in [2.75, 3.05) is 5.32 Å². The highest BCUT2D eigenvalue weighted by Crippen LogP contribution is 2.30. The SMILES string of the molecule is O=CC1NC(S(=O)(=O)O)Nc2ccc(Br)cc21. The highest BCUT2D eigenvalue weighted by molar-refractivity contribution is 9.10. The Labute approximate surface area is 106 Å². The summed E-state index contributed by atoms with van der Waals surface area (Å²) >= 11 is 3.26. The molecule has 1 aliphatic rings. The van der Waals surface area contributed by atoms with Crippen molar-refractivity contribution < 1.29 is 17.8 Å². The molecule has 0 aliphatic carbocycles. The zero-order valence-electron chi connectivity index (χ0n) is 8.42. The van der Waals surface area contributed by atoms with Crippen LogP contribution in [0.1, 0.15) is 11.6 Å². The Morgan fingerprint density at radius 1 is 1.41 bits per heavy atom. The van der Waals surface area contributed by atoms with Crippen molar-refractivity contribution >= 4 is 38.0 Å². The molecule has 1 heterocycles. The molecule has 0 spiro atoms. The summed E-state index contributed by atoms with van der Waals surface area (Å²) in [5, 5.41) is 5.09. The Hall–Kier alpha value is -0.960. The van der Waals surface area contributed by atoms with Crippen molar-refractivity contribution in [2.24, 2.45) is 0 Å². The average Bonchev–Trinajstić information content (AvgIpc) is 2.26. The van der Waals surface area contributed by atoms with Crippen molar-refractivity contribution in [3.8, 4) is 0 Å². The summed E-state index contributed by atoms with van der Waals surface area (Å²) in [5.74, 6) is 0. The third-order valence-electron chi connectivity index (χ3n) is 2.40. The third-order valence-corrected chi connectivity index (χ3v) is 3.74. The molecular formula is C9H9BrN2O4S. The second kappa shape index (κ2) is 4.37. The van der Waals surface area contributed by atoms with Crippen LogP contribution in [0.2, 0.25) is 0 Å². The van der Waals surface area contributed by atoms with Gasteiger partial charge in [-0.25, -0.2) is 0 Å². The molecule has 2 rings (SSSR count). The Balaban J connectivity index is 2.46. The minimum Gasteiger partial charge on any atom is -0.355 e. The number of hydrogen-bond acceptors (Lipinski definition) is 5. The number of rotatable bonds is 2. The second-order valence-corrected chi connectivity index (χ2v) is 5.97. The number of fused-ring (bicyclic) bond motifs is 1. The Morgan fingerprint density at radius 2 is 2.12 bits per heavy atom. The lowest BCUT2D eigenvalue weighted by molar-refractivity contribution is -0.109. The topological polar surface area (TPSA) is 95.5 Å². The third kappa shape index (κ3) is 2.49. The summed E-state index contributed by atoms with van der Waals surface area (Å²) in [6.07, 6.45) is 0.588. The summed E-state index contributed by atoms with van der Waals surface area (Å²) in [5.41, 5.74) is -0.271. The van der Waals surface area contributed by atoms with E-state index in [-0.39, 0.29) is 0 Å². The molecule has 0 amide bonds. The molecule has 3 N–H and O–H groups in total. The van der Waals surface area contributed by atoms with Gasteiger partial charge in [-0.05, 0) is 18.2 Å². The summed E-state index contributed by atoms with van der Waals surface area (Å²) < 4.78 is 31.8. The van der Waals surface area contributed by atoms with Crippen LogP contribution in [-0.4, -0.2) is 24.8 Å². The smallest absolute Gasteiger partial charge is 0.300 e. The number of nitrogens with one attached hydrogen (secondary N) is 2. The summed E-state index contributed by atoms with van der Waals surface area (Å²) in [6.45, 7) is 0. The van der Waals surface area contributed by atoms with Gasteiger partial charge in [-0.2, -0.15) is 8.42 Å². The number of benzene rings is 1. The van der Waals surface area contributed by atoms with Crippen LogP contribution in [0.4, 0.5) is 5.69 Å². The van der Waals surface area contributed by atoms with Crippen molar-refractivity contribution in [1.82, 2.24) is 5.32 Å². The molecular weight excluding hydrogens is 312 g/mol. The van der Waals surface area contributed by atoms with Crippen molar-refractivity contribution in [2.45, 2.75) is 11.5 Å². The molecule has 8 heteroatoms. The van der Waals surface area contributed by atoms with Crippen molar-refractivity contribution in [3.05, 3.63) is 28.2 Å². The maximum absolute atomic E-state index is 11.0. The largest absolute Gasteiger partial charge is 0.355 e. The second-order valence-electron chi connectivity index (χ2n) is 3.55. The number of anilines is 1. The first-order valence-electron chi connectivity index (χ1n) is 4.65. The van der Waals surface area contributed by atoms with E-state index in [2.05, 4.69) is 26.6 Å². The normalized spacial score (nSPS) is 23.6. The monoisotopic (exact) mass is 320 g/mol. The lowest BCUT2D eigenvalue weighted by Gasteiger charge is -2.30. The minimum atomic E-state index is -4.31. The van der Waals surface area contributed by atoms with E-state index >= 15 is 0 Å². The van der Waals surface area contributed by atoms with Crippen LogP contribution in [0, 0.1) is 0 Å². The first kappa shape index (κ1) is 12.5. The zero-order chi connectivity index (χ0) is 12.6. The van der Waals surface area contributed by atoms with E-state index in [1.807, 2.05) is 0 Å². The van der Waals surface area contributed by atoms with Crippen molar-refractivity contribution in [3.63, 3.8) is 0 Å². The molecule has 0 bridgehead atoms. The van der Waals surface area contributed by atoms with Crippen LogP contribution in [0.5, 0.6) is 0 Å². The molecule has 0 saturated heterocycles. The lowest BCUT2D eigenvalue weighted by atomic mass is 10.0. The van der Waals surface area contributed by atoms with Crippen molar-refractivity contribution in [1.29, 1.82) is 0 Å². The average molecular weight is 321 g/mol. The predicted molar refractivity (Wildman–Crippen MR) is 65.0 cm³/mol. The molecule has 0 aromatic heterocycles. The van der Waals surface area contributed by atoms with Gasteiger partial charge in [0.05, 0.1) is 6.04 Å². The van der Waals surface area contributed by atoms with E-state index in [9.17, 15) is 13.2 Å². The van der Waals surface area contributed by atoms with Gasteiger partial charge < -0.3 is 10.1 Å². The summed E-state index contributed by atoms with van der Waals surface area (Å²) in [4.78, 5) is 10.9. The molecule has 6 nitrogen and oxygen atoms in total. The standard InChI is InChI=1S/C9H9BrN2O4S/c10-5-1-2-7-6(3-5)8(4-13)12-9(11-7)17(14,15)16/h1-4,8-9,11-12H,(H,14,15,16). The van der Waals surface area contributed by atoms with E-state index in [0.29, 0.717) is 17.5 Å².